The van der Waals surface area contributed by atoms with E-state index < -0.39 is 0 Å². The molecule has 0 bridgehead atoms. The highest BCUT2D eigenvalue weighted by Gasteiger charge is 2.24. The van der Waals surface area contributed by atoms with Gasteiger partial charge in [-0.05, 0) is 31.7 Å². The third-order valence-electron chi connectivity index (χ3n) is 3.59. The number of pyridine rings is 1. The van der Waals surface area contributed by atoms with Gasteiger partial charge in [0, 0.05) is 17.8 Å². The molecule has 1 aromatic heterocycles. The van der Waals surface area contributed by atoms with Crippen molar-refractivity contribution in [2.45, 2.75) is 45.6 Å². The van der Waals surface area contributed by atoms with Gasteiger partial charge in [-0.2, -0.15) is 0 Å². The minimum absolute atomic E-state index is 0.107. The predicted molar refractivity (Wildman–Crippen MR) is 70.7 cm³/mol. The number of rotatable bonds is 3. The van der Waals surface area contributed by atoms with Crippen LogP contribution in [0.3, 0.4) is 0 Å². The molecular weight excluding hydrogens is 230 g/mol. The molecule has 1 N–H and O–H groups in total. The molecule has 1 saturated carbocycles. The van der Waals surface area contributed by atoms with Crippen LogP contribution >= 0.6 is 0 Å². The number of hydrogen-bond donors (Lipinski definition) is 1. The third kappa shape index (κ3) is 2.78. The quantitative estimate of drug-likeness (QED) is 0.659. The highest BCUT2D eigenvalue weighted by molar-refractivity contribution is 5.60. The summed E-state index contributed by atoms with van der Waals surface area (Å²) < 4.78 is 0. The largest absolute Gasteiger partial charge is 0.362 e. The second-order valence-electron chi connectivity index (χ2n) is 5.20. The lowest BCUT2D eigenvalue weighted by molar-refractivity contribution is -0.384. The van der Waals surface area contributed by atoms with E-state index in [0.29, 0.717) is 23.3 Å². The first-order valence-corrected chi connectivity index (χ1v) is 6.44. The SMILES string of the molecule is Cc1ccnc(NC2CCCC(C)C2)c1[N+](=O)[O-]. The van der Waals surface area contributed by atoms with E-state index >= 15 is 0 Å². The maximum absolute atomic E-state index is 11.1. The first-order chi connectivity index (χ1) is 8.58. The Bertz CT molecular complexity index is 448. The van der Waals surface area contributed by atoms with Crippen LogP contribution in [-0.4, -0.2) is 15.9 Å². The van der Waals surface area contributed by atoms with Gasteiger partial charge >= 0.3 is 5.69 Å². The smallest absolute Gasteiger partial charge is 0.314 e. The molecule has 2 unspecified atom stereocenters. The minimum Gasteiger partial charge on any atom is -0.362 e. The lowest BCUT2D eigenvalue weighted by atomic mass is 9.87. The van der Waals surface area contributed by atoms with Crippen molar-refractivity contribution in [3.05, 3.63) is 27.9 Å². The van der Waals surface area contributed by atoms with Gasteiger partial charge in [0.2, 0.25) is 5.82 Å². The van der Waals surface area contributed by atoms with Gasteiger partial charge in [-0.1, -0.05) is 19.8 Å². The number of nitrogens with one attached hydrogen (secondary N) is 1. The fourth-order valence-electron chi connectivity index (χ4n) is 2.65. The monoisotopic (exact) mass is 249 g/mol. The van der Waals surface area contributed by atoms with E-state index in [9.17, 15) is 10.1 Å². The molecule has 1 fully saturated rings. The third-order valence-corrected chi connectivity index (χ3v) is 3.59. The Labute approximate surface area is 107 Å². The van der Waals surface area contributed by atoms with Crippen molar-refractivity contribution >= 4 is 11.5 Å². The molecule has 1 aliphatic carbocycles. The zero-order valence-corrected chi connectivity index (χ0v) is 10.8. The Hall–Kier alpha value is -1.65. The number of nitro groups is 1. The molecule has 0 amide bonds. The highest BCUT2D eigenvalue weighted by Crippen LogP contribution is 2.30. The first kappa shape index (κ1) is 12.8. The number of aromatic nitrogens is 1. The Morgan fingerprint density at radius 3 is 2.94 bits per heavy atom. The van der Waals surface area contributed by atoms with Crippen LogP contribution in [0.1, 0.15) is 38.2 Å². The van der Waals surface area contributed by atoms with Gasteiger partial charge in [-0.15, -0.1) is 0 Å². The van der Waals surface area contributed by atoms with E-state index in [4.69, 9.17) is 0 Å². The van der Waals surface area contributed by atoms with Crippen LogP contribution in [0.4, 0.5) is 11.5 Å². The zero-order chi connectivity index (χ0) is 13.1. The molecule has 1 aliphatic rings. The van der Waals surface area contributed by atoms with Crippen molar-refractivity contribution in [1.82, 2.24) is 4.98 Å². The van der Waals surface area contributed by atoms with Gasteiger partial charge in [-0.25, -0.2) is 4.98 Å². The fraction of sp³-hybridized carbons (Fsp3) is 0.615. The summed E-state index contributed by atoms with van der Waals surface area (Å²) in [7, 11) is 0. The van der Waals surface area contributed by atoms with Crippen molar-refractivity contribution in [2.24, 2.45) is 5.92 Å². The Morgan fingerprint density at radius 1 is 1.50 bits per heavy atom. The predicted octanol–water partition coefficient (Wildman–Crippen LogP) is 3.29. The Balaban J connectivity index is 2.18. The molecular formula is C13H19N3O2. The van der Waals surface area contributed by atoms with E-state index in [1.54, 1.807) is 19.2 Å². The van der Waals surface area contributed by atoms with Crippen LogP contribution in [0, 0.1) is 23.0 Å². The maximum Gasteiger partial charge on any atom is 0.314 e. The summed E-state index contributed by atoms with van der Waals surface area (Å²) in [5, 5.41) is 14.3. The molecule has 0 aliphatic heterocycles. The number of hydrogen-bond acceptors (Lipinski definition) is 4. The average molecular weight is 249 g/mol. The summed E-state index contributed by atoms with van der Waals surface area (Å²) in [5.74, 6) is 1.10. The first-order valence-electron chi connectivity index (χ1n) is 6.44. The second-order valence-corrected chi connectivity index (χ2v) is 5.20. The fourth-order valence-corrected chi connectivity index (χ4v) is 2.65. The van der Waals surface area contributed by atoms with E-state index in [2.05, 4.69) is 17.2 Å². The highest BCUT2D eigenvalue weighted by atomic mass is 16.6. The molecule has 5 heteroatoms. The minimum atomic E-state index is -0.350. The molecule has 0 radical (unpaired) electrons. The van der Waals surface area contributed by atoms with Crippen LogP contribution < -0.4 is 5.32 Å². The molecule has 5 nitrogen and oxygen atoms in total. The van der Waals surface area contributed by atoms with Gasteiger partial charge in [0.1, 0.15) is 0 Å². The summed E-state index contributed by atoms with van der Waals surface area (Å²) in [4.78, 5) is 14.9. The molecule has 18 heavy (non-hydrogen) atoms. The summed E-state index contributed by atoms with van der Waals surface area (Å²) in [5.41, 5.74) is 0.761. The normalized spacial score (nSPS) is 23.7. The Morgan fingerprint density at radius 2 is 2.28 bits per heavy atom. The van der Waals surface area contributed by atoms with Crippen molar-refractivity contribution in [3.8, 4) is 0 Å². The van der Waals surface area contributed by atoms with E-state index in [0.717, 1.165) is 12.8 Å². The van der Waals surface area contributed by atoms with Crippen LogP contribution in [0.25, 0.3) is 0 Å². The maximum atomic E-state index is 11.1. The number of nitrogens with zero attached hydrogens (tertiary/aromatic N) is 2. The summed E-state index contributed by atoms with van der Waals surface area (Å²) >= 11 is 0. The van der Waals surface area contributed by atoms with Crippen LogP contribution in [-0.2, 0) is 0 Å². The summed E-state index contributed by atoms with van der Waals surface area (Å²) in [6, 6.07) is 1.98. The van der Waals surface area contributed by atoms with Crippen molar-refractivity contribution in [3.63, 3.8) is 0 Å². The molecule has 1 heterocycles. The molecule has 1 aromatic rings. The Kier molecular flexibility index (Phi) is 3.79. The van der Waals surface area contributed by atoms with Crippen molar-refractivity contribution in [2.75, 3.05) is 5.32 Å². The molecule has 98 valence electrons. The number of aryl methyl sites for hydroxylation is 1. The van der Waals surface area contributed by atoms with Crippen molar-refractivity contribution < 1.29 is 4.92 Å². The van der Waals surface area contributed by atoms with Gasteiger partial charge < -0.3 is 5.32 Å². The van der Waals surface area contributed by atoms with Crippen LogP contribution in [0.5, 0.6) is 0 Å². The van der Waals surface area contributed by atoms with Gasteiger partial charge in [0.25, 0.3) is 0 Å². The lowest BCUT2D eigenvalue weighted by Crippen LogP contribution is -2.27. The lowest BCUT2D eigenvalue weighted by Gasteiger charge is -2.27. The second kappa shape index (κ2) is 5.33. The molecule has 2 atom stereocenters. The zero-order valence-electron chi connectivity index (χ0n) is 10.8. The van der Waals surface area contributed by atoms with Gasteiger partial charge in [-0.3, -0.25) is 10.1 Å². The molecule has 0 aromatic carbocycles. The average Bonchev–Trinajstić information content (AvgIpc) is 2.28. The van der Waals surface area contributed by atoms with E-state index in [-0.39, 0.29) is 10.6 Å². The summed E-state index contributed by atoms with van der Waals surface area (Å²) in [6.07, 6.45) is 6.18. The van der Waals surface area contributed by atoms with E-state index in [1.165, 1.54) is 12.8 Å². The topological polar surface area (TPSA) is 68.1 Å². The summed E-state index contributed by atoms with van der Waals surface area (Å²) in [6.45, 7) is 3.97. The molecule has 0 spiro atoms. The van der Waals surface area contributed by atoms with E-state index in [1.807, 2.05) is 0 Å². The van der Waals surface area contributed by atoms with Gasteiger partial charge in [0.15, 0.2) is 0 Å². The van der Waals surface area contributed by atoms with Crippen LogP contribution in [0.15, 0.2) is 12.3 Å². The molecule has 2 rings (SSSR count). The van der Waals surface area contributed by atoms with Crippen LogP contribution in [0.2, 0.25) is 0 Å². The molecule has 0 saturated heterocycles. The van der Waals surface area contributed by atoms with Gasteiger partial charge in [0.05, 0.1) is 4.92 Å². The van der Waals surface area contributed by atoms with Crippen molar-refractivity contribution in [1.29, 1.82) is 0 Å². The standard InChI is InChI=1S/C13H19N3O2/c1-9-4-3-5-11(8-9)15-13-12(16(17)18)10(2)6-7-14-13/h6-7,9,11H,3-5,8H2,1-2H3,(H,14,15). The number of anilines is 1.